The van der Waals surface area contributed by atoms with Crippen molar-refractivity contribution in [3.63, 3.8) is 0 Å². The molecule has 0 aliphatic carbocycles. The first-order valence-electron chi connectivity index (χ1n) is 8.33. The summed E-state index contributed by atoms with van der Waals surface area (Å²) in [6, 6.07) is 4.73. The van der Waals surface area contributed by atoms with E-state index in [4.69, 9.17) is 10.5 Å². The molecule has 0 aromatic heterocycles. The molecule has 0 bridgehead atoms. The van der Waals surface area contributed by atoms with E-state index in [1.54, 1.807) is 12.1 Å². The number of nitrogens with one attached hydrogen (secondary N) is 1. The van der Waals surface area contributed by atoms with Crippen LogP contribution in [0.3, 0.4) is 0 Å². The molecule has 0 saturated carbocycles. The van der Waals surface area contributed by atoms with Crippen LogP contribution < -0.4 is 15.8 Å². The highest BCUT2D eigenvalue weighted by Gasteiger charge is 2.31. The molecule has 2 rings (SSSR count). The highest BCUT2D eigenvalue weighted by Crippen LogP contribution is 2.21. The molecule has 1 aromatic carbocycles. The van der Waals surface area contributed by atoms with Gasteiger partial charge in [-0.3, -0.25) is 4.79 Å². The molecular formula is C16H24N4O5S. The van der Waals surface area contributed by atoms with Crippen LogP contribution in [0.4, 0.5) is 4.79 Å². The van der Waals surface area contributed by atoms with Crippen molar-refractivity contribution in [2.24, 2.45) is 5.73 Å². The van der Waals surface area contributed by atoms with Gasteiger partial charge in [-0.05, 0) is 38.1 Å². The number of carbonyl (C=O) groups is 2. The zero-order chi connectivity index (χ0) is 19.3. The number of nitrogens with zero attached hydrogens (tertiary/aromatic N) is 2. The van der Waals surface area contributed by atoms with Gasteiger partial charge in [0, 0.05) is 26.2 Å². The number of primary amides is 1. The van der Waals surface area contributed by atoms with Gasteiger partial charge in [-0.1, -0.05) is 0 Å². The summed E-state index contributed by atoms with van der Waals surface area (Å²) < 4.78 is 32.1. The summed E-state index contributed by atoms with van der Waals surface area (Å²) in [4.78, 5) is 24.8. The first-order valence-corrected chi connectivity index (χ1v) is 9.77. The number of hydrogen-bond acceptors (Lipinski definition) is 5. The van der Waals surface area contributed by atoms with Crippen molar-refractivity contribution >= 4 is 22.0 Å². The minimum Gasteiger partial charge on any atom is -0.494 e. The highest BCUT2D eigenvalue weighted by molar-refractivity contribution is 7.89. The molecule has 1 aliphatic rings. The minimum absolute atomic E-state index is 0.185. The van der Waals surface area contributed by atoms with Crippen LogP contribution in [-0.4, -0.2) is 68.4 Å². The molecule has 1 aliphatic heterocycles. The van der Waals surface area contributed by atoms with E-state index in [0.717, 1.165) is 0 Å². The second-order valence-electron chi connectivity index (χ2n) is 5.86. The molecule has 0 spiro atoms. The molecule has 9 nitrogen and oxygen atoms in total. The molecule has 1 fully saturated rings. The summed E-state index contributed by atoms with van der Waals surface area (Å²) >= 11 is 0. The Bertz CT molecular complexity index is 742. The highest BCUT2D eigenvalue weighted by atomic mass is 32.2. The fraction of sp³-hybridized carbons (Fsp3) is 0.500. The van der Waals surface area contributed by atoms with Crippen molar-refractivity contribution in [3.8, 4) is 5.75 Å². The number of ether oxygens (including phenoxy) is 1. The quantitative estimate of drug-likeness (QED) is 0.713. The maximum absolute atomic E-state index is 12.7. The summed E-state index contributed by atoms with van der Waals surface area (Å²) in [5.41, 5.74) is 5.02. The van der Waals surface area contributed by atoms with Crippen LogP contribution in [0.2, 0.25) is 0 Å². The third-order valence-electron chi connectivity index (χ3n) is 4.05. The number of carbonyl (C=O) groups excluding carboxylic acids is 2. The lowest BCUT2D eigenvalue weighted by Gasteiger charge is -2.35. The third kappa shape index (κ3) is 4.64. The first kappa shape index (κ1) is 20.0. The summed E-state index contributed by atoms with van der Waals surface area (Å²) in [6.07, 6.45) is 0. The second kappa shape index (κ2) is 8.37. The summed E-state index contributed by atoms with van der Waals surface area (Å²) in [7, 11) is -3.63. The number of hydrogen-bond donors (Lipinski definition) is 2. The molecule has 1 heterocycles. The molecule has 26 heavy (non-hydrogen) atoms. The Kier molecular flexibility index (Phi) is 6.43. The van der Waals surface area contributed by atoms with Crippen molar-refractivity contribution < 1.29 is 22.7 Å². The Morgan fingerprint density at radius 3 is 2.27 bits per heavy atom. The predicted octanol–water partition coefficient (Wildman–Crippen LogP) is -0.0250. The summed E-state index contributed by atoms with van der Waals surface area (Å²) in [6.45, 7) is 4.77. The monoisotopic (exact) mass is 384 g/mol. The molecular weight excluding hydrogens is 360 g/mol. The average molecular weight is 384 g/mol. The second-order valence-corrected chi connectivity index (χ2v) is 7.80. The fourth-order valence-electron chi connectivity index (χ4n) is 2.72. The third-order valence-corrected chi connectivity index (χ3v) is 5.96. The molecule has 0 radical (unpaired) electrons. The summed E-state index contributed by atoms with van der Waals surface area (Å²) in [5.74, 6) is 0.319. The van der Waals surface area contributed by atoms with Gasteiger partial charge >= 0.3 is 6.03 Å². The van der Waals surface area contributed by atoms with Crippen molar-refractivity contribution in [2.45, 2.75) is 24.8 Å². The number of rotatable bonds is 6. The molecule has 1 aromatic rings. The van der Waals surface area contributed by atoms with Crippen molar-refractivity contribution in [1.29, 1.82) is 0 Å². The van der Waals surface area contributed by atoms with Crippen molar-refractivity contribution in [3.05, 3.63) is 24.3 Å². The molecule has 3 N–H and O–H groups in total. The number of amides is 3. The topological polar surface area (TPSA) is 122 Å². The van der Waals surface area contributed by atoms with Crippen LogP contribution in [-0.2, 0) is 14.8 Å². The Labute approximate surface area is 153 Å². The van der Waals surface area contributed by atoms with Gasteiger partial charge in [0.15, 0.2) is 0 Å². The number of piperazine rings is 1. The number of urea groups is 1. The number of benzene rings is 1. The molecule has 10 heteroatoms. The molecule has 1 atom stereocenters. The van der Waals surface area contributed by atoms with Crippen molar-refractivity contribution in [1.82, 2.24) is 14.5 Å². The van der Waals surface area contributed by atoms with Gasteiger partial charge in [-0.25, -0.2) is 13.2 Å². The minimum atomic E-state index is -3.63. The number of nitrogens with two attached hydrogens (primary N) is 1. The predicted molar refractivity (Wildman–Crippen MR) is 95.1 cm³/mol. The van der Waals surface area contributed by atoms with Crippen LogP contribution in [0.1, 0.15) is 13.8 Å². The van der Waals surface area contributed by atoms with E-state index >= 15 is 0 Å². The Morgan fingerprint density at radius 2 is 1.77 bits per heavy atom. The van der Waals surface area contributed by atoms with E-state index in [-0.39, 0.29) is 37.0 Å². The van der Waals surface area contributed by atoms with Gasteiger partial charge in [-0.2, -0.15) is 4.31 Å². The first-order chi connectivity index (χ1) is 12.3. The van der Waals surface area contributed by atoms with Crippen LogP contribution in [0.15, 0.2) is 29.2 Å². The largest absolute Gasteiger partial charge is 0.494 e. The van der Waals surface area contributed by atoms with E-state index in [1.165, 1.54) is 28.3 Å². The molecule has 1 saturated heterocycles. The van der Waals surface area contributed by atoms with E-state index < -0.39 is 22.1 Å². The van der Waals surface area contributed by atoms with Crippen LogP contribution >= 0.6 is 0 Å². The molecule has 3 amide bonds. The van der Waals surface area contributed by atoms with E-state index in [9.17, 15) is 18.0 Å². The lowest BCUT2D eigenvalue weighted by atomic mass is 10.2. The van der Waals surface area contributed by atoms with Crippen molar-refractivity contribution in [2.75, 3.05) is 32.8 Å². The zero-order valence-electron chi connectivity index (χ0n) is 14.8. The van der Waals surface area contributed by atoms with Gasteiger partial charge in [0.1, 0.15) is 11.8 Å². The van der Waals surface area contributed by atoms with Gasteiger partial charge < -0.3 is 20.7 Å². The summed E-state index contributed by atoms with van der Waals surface area (Å²) in [5, 5.41) is 2.33. The van der Waals surface area contributed by atoms with Crippen LogP contribution in [0, 0.1) is 0 Å². The van der Waals surface area contributed by atoms with Gasteiger partial charge in [-0.15, -0.1) is 0 Å². The maximum Gasteiger partial charge on any atom is 0.312 e. The van der Waals surface area contributed by atoms with Crippen LogP contribution in [0.5, 0.6) is 5.75 Å². The normalized spacial score (nSPS) is 16.8. The fourth-order valence-corrected chi connectivity index (χ4v) is 4.14. The van der Waals surface area contributed by atoms with E-state index in [2.05, 4.69) is 5.32 Å². The average Bonchev–Trinajstić information content (AvgIpc) is 2.61. The Morgan fingerprint density at radius 1 is 1.19 bits per heavy atom. The standard InChI is InChI=1S/C16H24N4O5S/c1-3-25-13-4-6-14(7-5-13)26(23,24)20-10-8-19(9-11-20)15(21)12(2)18-16(17)22/h4-7,12H,3,8-11H2,1-2H3,(H3,17,18,22). The molecule has 144 valence electrons. The lowest BCUT2D eigenvalue weighted by molar-refractivity contribution is -0.133. The SMILES string of the molecule is CCOc1ccc(S(=O)(=O)N2CCN(C(=O)C(C)NC(N)=O)CC2)cc1. The van der Waals surface area contributed by atoms with Gasteiger partial charge in [0.25, 0.3) is 0 Å². The van der Waals surface area contributed by atoms with Gasteiger partial charge in [0.05, 0.1) is 11.5 Å². The Balaban J connectivity index is 1.99. The van der Waals surface area contributed by atoms with Gasteiger partial charge in [0.2, 0.25) is 15.9 Å². The maximum atomic E-state index is 12.7. The number of sulfonamides is 1. The molecule has 1 unspecified atom stereocenters. The van der Waals surface area contributed by atoms with Crippen LogP contribution in [0.25, 0.3) is 0 Å². The lowest BCUT2D eigenvalue weighted by Crippen LogP contribution is -2.55. The Hall–Kier alpha value is -2.33. The van der Waals surface area contributed by atoms with E-state index in [0.29, 0.717) is 12.4 Å². The van der Waals surface area contributed by atoms with E-state index in [1.807, 2.05) is 6.92 Å². The zero-order valence-corrected chi connectivity index (χ0v) is 15.7. The smallest absolute Gasteiger partial charge is 0.312 e.